The number of carbonyl (C=O) groups is 1. The highest BCUT2D eigenvalue weighted by molar-refractivity contribution is 6.34. The highest BCUT2D eigenvalue weighted by atomic mass is 35.5. The van der Waals surface area contributed by atoms with E-state index in [-0.39, 0.29) is 11.6 Å². The molecule has 2 atom stereocenters. The number of alkyl halides is 3. The number of amides is 1. The van der Waals surface area contributed by atoms with Gasteiger partial charge < -0.3 is 16.4 Å². The predicted octanol–water partition coefficient (Wildman–Crippen LogP) is 5.25. The first-order valence-electron chi connectivity index (χ1n) is 11.2. The molecule has 1 saturated heterocycles. The first-order chi connectivity index (χ1) is 16.3. The number of benzene rings is 2. The Kier molecular flexibility index (Phi) is 8.74. The minimum Gasteiger partial charge on any atom is -0.405 e. The van der Waals surface area contributed by atoms with E-state index in [0.717, 1.165) is 43.0 Å². The van der Waals surface area contributed by atoms with Gasteiger partial charge in [-0.25, -0.2) is 0 Å². The zero-order valence-electron chi connectivity index (χ0n) is 18.8. The van der Waals surface area contributed by atoms with Crippen molar-refractivity contribution in [2.45, 2.75) is 44.4 Å². The number of allylic oxidation sites excluding steroid dienone is 1. The Morgan fingerprint density at radius 1 is 1.29 bits per heavy atom. The van der Waals surface area contributed by atoms with Crippen LogP contribution in [0.15, 0.2) is 59.7 Å². The van der Waals surface area contributed by atoms with Crippen molar-refractivity contribution in [2.24, 2.45) is 10.7 Å². The van der Waals surface area contributed by atoms with E-state index in [1.165, 1.54) is 18.3 Å². The normalized spacial score (nSPS) is 18.1. The van der Waals surface area contributed by atoms with E-state index < -0.39 is 28.7 Å². The SMILES string of the molecule is CCN=C(C=CN)c1cccc([C@H](NC(=O)c2cccc(C(F)(F)F)c2Cl)[C@@H]2CCCCN2)c1. The van der Waals surface area contributed by atoms with E-state index in [1.54, 1.807) is 6.08 Å². The molecule has 1 amide bonds. The molecule has 1 aliphatic heterocycles. The molecule has 3 rings (SSSR count). The molecule has 34 heavy (non-hydrogen) atoms. The Labute approximate surface area is 202 Å². The second-order valence-corrected chi connectivity index (χ2v) is 8.39. The summed E-state index contributed by atoms with van der Waals surface area (Å²) in [4.78, 5) is 17.6. The Morgan fingerprint density at radius 3 is 2.71 bits per heavy atom. The Hall–Kier alpha value is -2.84. The van der Waals surface area contributed by atoms with Gasteiger partial charge in [-0.3, -0.25) is 9.79 Å². The summed E-state index contributed by atoms with van der Waals surface area (Å²) in [5.41, 5.74) is 6.66. The number of hydrogen-bond donors (Lipinski definition) is 3. The molecule has 0 aromatic heterocycles. The average molecular weight is 493 g/mol. The molecule has 4 N–H and O–H groups in total. The summed E-state index contributed by atoms with van der Waals surface area (Å²) in [5.74, 6) is -0.664. The van der Waals surface area contributed by atoms with Gasteiger partial charge in [-0.05, 0) is 62.3 Å². The maximum Gasteiger partial charge on any atom is 0.417 e. The average Bonchev–Trinajstić information content (AvgIpc) is 2.82. The fraction of sp³-hybridized carbons (Fsp3) is 0.360. The van der Waals surface area contributed by atoms with Crippen molar-refractivity contribution < 1.29 is 18.0 Å². The Balaban J connectivity index is 1.98. The predicted molar refractivity (Wildman–Crippen MR) is 129 cm³/mol. The number of carbonyl (C=O) groups excluding carboxylic acids is 1. The van der Waals surface area contributed by atoms with Crippen LogP contribution >= 0.6 is 11.6 Å². The van der Waals surface area contributed by atoms with Crippen LogP contribution in [0.4, 0.5) is 13.2 Å². The molecule has 0 radical (unpaired) electrons. The number of piperidine rings is 1. The topological polar surface area (TPSA) is 79.5 Å². The molecule has 182 valence electrons. The molecule has 1 aliphatic rings. The number of nitrogens with one attached hydrogen (secondary N) is 2. The van der Waals surface area contributed by atoms with Crippen LogP contribution in [0.25, 0.3) is 0 Å². The van der Waals surface area contributed by atoms with Crippen molar-refractivity contribution in [1.82, 2.24) is 10.6 Å². The van der Waals surface area contributed by atoms with Gasteiger partial charge in [-0.2, -0.15) is 13.2 Å². The molecule has 0 bridgehead atoms. The molecule has 9 heteroatoms. The first kappa shape index (κ1) is 25.8. The largest absolute Gasteiger partial charge is 0.417 e. The van der Waals surface area contributed by atoms with Crippen LogP contribution in [0.5, 0.6) is 0 Å². The van der Waals surface area contributed by atoms with Crippen LogP contribution in [0, 0.1) is 0 Å². The van der Waals surface area contributed by atoms with Gasteiger partial charge in [0, 0.05) is 18.2 Å². The monoisotopic (exact) mass is 492 g/mol. The van der Waals surface area contributed by atoms with Crippen LogP contribution in [0.2, 0.25) is 5.02 Å². The van der Waals surface area contributed by atoms with Crippen LogP contribution < -0.4 is 16.4 Å². The maximum atomic E-state index is 13.3. The van der Waals surface area contributed by atoms with Crippen molar-refractivity contribution in [1.29, 1.82) is 0 Å². The highest BCUT2D eigenvalue weighted by Gasteiger charge is 2.35. The minimum absolute atomic E-state index is 0.0888. The van der Waals surface area contributed by atoms with E-state index in [9.17, 15) is 18.0 Å². The summed E-state index contributed by atoms with van der Waals surface area (Å²) in [6, 6.07) is 10.3. The fourth-order valence-electron chi connectivity index (χ4n) is 4.12. The Morgan fingerprint density at radius 2 is 2.06 bits per heavy atom. The first-order valence-corrected chi connectivity index (χ1v) is 11.6. The molecular formula is C25H28ClF3N4O. The number of hydrogen-bond acceptors (Lipinski definition) is 4. The van der Waals surface area contributed by atoms with Gasteiger partial charge in [0.2, 0.25) is 0 Å². The van der Waals surface area contributed by atoms with Crippen molar-refractivity contribution in [3.8, 4) is 0 Å². The number of aliphatic imine (C=N–C) groups is 1. The lowest BCUT2D eigenvalue weighted by Gasteiger charge is -2.32. The second-order valence-electron chi connectivity index (χ2n) is 8.02. The summed E-state index contributed by atoms with van der Waals surface area (Å²) in [6.07, 6.45) is 1.27. The third-order valence-electron chi connectivity index (χ3n) is 5.71. The van der Waals surface area contributed by atoms with Crippen molar-refractivity contribution in [3.63, 3.8) is 0 Å². The highest BCUT2D eigenvalue weighted by Crippen LogP contribution is 2.36. The number of nitrogens with two attached hydrogens (primary N) is 1. The maximum absolute atomic E-state index is 13.3. The zero-order chi connectivity index (χ0) is 24.7. The zero-order valence-corrected chi connectivity index (χ0v) is 19.6. The summed E-state index contributed by atoms with van der Waals surface area (Å²) in [7, 11) is 0. The molecule has 2 aromatic rings. The summed E-state index contributed by atoms with van der Waals surface area (Å²) < 4.78 is 39.9. The van der Waals surface area contributed by atoms with Crippen molar-refractivity contribution in [3.05, 3.63) is 82.0 Å². The quantitative estimate of drug-likeness (QED) is 0.462. The van der Waals surface area contributed by atoms with Crippen LogP contribution in [-0.4, -0.2) is 30.8 Å². The standard InChI is InChI=1S/C25H28ClF3N4O/c1-2-31-20(12-13-30)16-7-5-8-17(15-16)23(21-11-3-4-14-32-21)33-24(34)18-9-6-10-19(22(18)26)25(27,28)29/h5-10,12-13,15,21,23,32H,2-4,11,14,30H2,1H3,(H,33,34)/t21-,23-/m0/s1. The summed E-state index contributed by atoms with van der Waals surface area (Å²) >= 11 is 6.01. The molecule has 2 aromatic carbocycles. The Bertz CT molecular complexity index is 1060. The second kappa shape index (κ2) is 11.5. The molecule has 0 saturated carbocycles. The molecule has 0 spiro atoms. The van der Waals surface area contributed by atoms with Gasteiger partial charge in [0.25, 0.3) is 5.91 Å². The van der Waals surface area contributed by atoms with Gasteiger partial charge in [-0.1, -0.05) is 42.3 Å². The minimum atomic E-state index is -4.66. The van der Waals surface area contributed by atoms with E-state index in [4.69, 9.17) is 17.3 Å². The lowest BCUT2D eigenvalue weighted by Crippen LogP contribution is -2.46. The third-order valence-corrected chi connectivity index (χ3v) is 6.12. The third kappa shape index (κ3) is 6.18. The molecule has 0 aliphatic carbocycles. The number of halogens is 4. The molecular weight excluding hydrogens is 465 g/mol. The van der Waals surface area contributed by atoms with E-state index in [0.29, 0.717) is 12.3 Å². The van der Waals surface area contributed by atoms with Gasteiger partial charge in [-0.15, -0.1) is 0 Å². The number of rotatable bonds is 7. The van der Waals surface area contributed by atoms with Crippen LogP contribution in [-0.2, 0) is 6.18 Å². The lowest BCUT2D eigenvalue weighted by atomic mass is 9.90. The van der Waals surface area contributed by atoms with Crippen molar-refractivity contribution >= 4 is 23.2 Å². The van der Waals surface area contributed by atoms with Crippen LogP contribution in [0.3, 0.4) is 0 Å². The molecule has 1 fully saturated rings. The van der Waals surface area contributed by atoms with E-state index in [1.807, 2.05) is 31.2 Å². The fourth-order valence-corrected chi connectivity index (χ4v) is 4.44. The van der Waals surface area contributed by atoms with E-state index in [2.05, 4.69) is 15.6 Å². The number of nitrogens with zero attached hydrogens (tertiary/aromatic N) is 1. The van der Waals surface area contributed by atoms with Gasteiger partial charge in [0.05, 0.1) is 27.9 Å². The molecule has 5 nitrogen and oxygen atoms in total. The van der Waals surface area contributed by atoms with Gasteiger partial charge in [0.15, 0.2) is 0 Å². The van der Waals surface area contributed by atoms with E-state index >= 15 is 0 Å². The molecule has 0 unspecified atom stereocenters. The summed E-state index contributed by atoms with van der Waals surface area (Å²) in [5, 5.41) is 5.76. The van der Waals surface area contributed by atoms with Crippen molar-refractivity contribution in [2.75, 3.05) is 13.1 Å². The van der Waals surface area contributed by atoms with Crippen LogP contribution in [0.1, 0.15) is 59.3 Å². The molecule has 1 heterocycles. The lowest BCUT2D eigenvalue weighted by molar-refractivity contribution is -0.137. The summed E-state index contributed by atoms with van der Waals surface area (Å²) in [6.45, 7) is 3.28. The van der Waals surface area contributed by atoms with Gasteiger partial charge in [0.1, 0.15) is 0 Å². The smallest absolute Gasteiger partial charge is 0.405 e. The van der Waals surface area contributed by atoms with Gasteiger partial charge >= 0.3 is 6.18 Å².